The number of benzene rings is 1. The maximum atomic E-state index is 10.4. The average Bonchev–Trinajstić information content (AvgIpc) is 2.64. The second-order valence-electron chi connectivity index (χ2n) is 4.08. The van der Waals surface area contributed by atoms with Crippen LogP contribution in [0.2, 0.25) is 0 Å². The quantitative estimate of drug-likeness (QED) is 0.759. The van der Waals surface area contributed by atoms with Crippen LogP contribution in [0.4, 0.5) is 0 Å². The first-order chi connectivity index (χ1) is 8.61. The number of aromatic nitrogens is 1. The molecule has 1 aromatic carbocycles. The van der Waals surface area contributed by atoms with Gasteiger partial charge >= 0.3 is 0 Å². The molecule has 2 aromatic rings. The highest BCUT2D eigenvalue weighted by atomic mass is 32.1. The molecule has 2 rings (SSSR count). The molecule has 0 unspecified atom stereocenters. The summed E-state index contributed by atoms with van der Waals surface area (Å²) in [6, 6.07) is 5.93. The second kappa shape index (κ2) is 5.35. The van der Waals surface area contributed by atoms with Gasteiger partial charge in [-0.25, -0.2) is 0 Å². The third-order valence-corrected chi connectivity index (χ3v) is 3.92. The zero-order chi connectivity index (χ0) is 13.1. The minimum Gasteiger partial charge on any atom is -0.550 e. The third-order valence-electron chi connectivity index (χ3n) is 2.86. The summed E-state index contributed by atoms with van der Waals surface area (Å²) < 4.78 is 8.49. The lowest BCUT2D eigenvalue weighted by Gasteiger charge is -2.00. The van der Waals surface area contributed by atoms with Crippen LogP contribution in [0.15, 0.2) is 18.2 Å². The number of carbonyl (C=O) groups is 1. The molecule has 0 bridgehead atoms. The van der Waals surface area contributed by atoms with Gasteiger partial charge in [-0.1, -0.05) is 11.3 Å². The molecule has 18 heavy (non-hydrogen) atoms. The molecule has 4 nitrogen and oxygen atoms in total. The smallest absolute Gasteiger partial charge is 0.235 e. The maximum absolute atomic E-state index is 10.4. The van der Waals surface area contributed by atoms with Crippen molar-refractivity contribution in [3.63, 3.8) is 0 Å². The summed E-state index contributed by atoms with van der Waals surface area (Å²) in [5.74, 6) is -0.153. The van der Waals surface area contributed by atoms with E-state index in [2.05, 4.69) is 4.57 Å². The number of aryl methyl sites for hydroxylation is 2. The summed E-state index contributed by atoms with van der Waals surface area (Å²) in [7, 11) is 1.65. The first-order valence-electron chi connectivity index (χ1n) is 5.78. The molecule has 0 aliphatic heterocycles. The molecule has 0 aliphatic carbocycles. The summed E-state index contributed by atoms with van der Waals surface area (Å²) in [5.41, 5.74) is 1.12. The molecule has 96 valence electrons. The van der Waals surface area contributed by atoms with Gasteiger partial charge in [0.1, 0.15) is 10.4 Å². The van der Waals surface area contributed by atoms with Gasteiger partial charge < -0.3 is 14.6 Å². The lowest BCUT2D eigenvalue weighted by Crippen LogP contribution is -2.36. The molecule has 0 aliphatic rings. The number of fused-ring (bicyclic) bond motifs is 1. The van der Waals surface area contributed by atoms with Crippen LogP contribution in [0.25, 0.3) is 10.2 Å². The third kappa shape index (κ3) is 2.61. The van der Waals surface area contributed by atoms with Gasteiger partial charge in [-0.05, 0) is 12.5 Å². The zero-order valence-electron chi connectivity index (χ0n) is 10.4. The normalized spacial score (nSPS) is 10.8. The van der Waals surface area contributed by atoms with Crippen LogP contribution in [-0.4, -0.2) is 13.1 Å². The monoisotopic (exact) mass is 265 g/mol. The molecule has 0 atom stereocenters. The van der Waals surface area contributed by atoms with E-state index in [9.17, 15) is 9.90 Å². The van der Waals surface area contributed by atoms with Crippen LogP contribution >= 0.6 is 11.3 Å². The fourth-order valence-electron chi connectivity index (χ4n) is 1.97. The zero-order valence-corrected chi connectivity index (χ0v) is 11.3. The highest BCUT2D eigenvalue weighted by molar-refractivity contribution is 7.18. The number of aliphatic carboxylic acids is 1. The van der Waals surface area contributed by atoms with Gasteiger partial charge in [0.25, 0.3) is 0 Å². The van der Waals surface area contributed by atoms with Gasteiger partial charge in [-0.2, -0.15) is 4.57 Å². The highest BCUT2D eigenvalue weighted by Crippen LogP contribution is 2.24. The Morgan fingerprint density at radius 1 is 1.50 bits per heavy atom. The summed E-state index contributed by atoms with van der Waals surface area (Å²) in [6.07, 6.45) is 0.686. The Morgan fingerprint density at radius 3 is 2.94 bits per heavy atom. The minimum atomic E-state index is -0.991. The Bertz CT molecular complexity index is 577. The van der Waals surface area contributed by atoms with Crippen molar-refractivity contribution in [2.45, 2.75) is 26.3 Å². The Balaban J connectivity index is 2.27. The molecular formula is C13H15NO3S. The molecule has 0 spiro atoms. The van der Waals surface area contributed by atoms with E-state index in [0.717, 1.165) is 21.0 Å². The van der Waals surface area contributed by atoms with Gasteiger partial charge in [0, 0.05) is 31.4 Å². The van der Waals surface area contributed by atoms with E-state index in [0.29, 0.717) is 13.0 Å². The lowest BCUT2D eigenvalue weighted by molar-refractivity contribution is -0.673. The van der Waals surface area contributed by atoms with Gasteiger partial charge in [0.2, 0.25) is 10.5 Å². The number of carbonyl (C=O) groups excluding carboxylic acids is 1. The van der Waals surface area contributed by atoms with Gasteiger partial charge in [-0.15, -0.1) is 0 Å². The maximum Gasteiger partial charge on any atom is 0.235 e. The summed E-state index contributed by atoms with van der Waals surface area (Å²) in [6.45, 7) is 2.74. The first-order valence-corrected chi connectivity index (χ1v) is 6.60. The largest absolute Gasteiger partial charge is 0.550 e. The molecule has 0 saturated carbocycles. The van der Waals surface area contributed by atoms with Crippen LogP contribution in [0.5, 0.6) is 5.75 Å². The molecule has 5 heteroatoms. The van der Waals surface area contributed by atoms with E-state index >= 15 is 0 Å². The van der Waals surface area contributed by atoms with Crippen LogP contribution in [0.3, 0.4) is 0 Å². The molecule has 0 amide bonds. The average molecular weight is 265 g/mol. The first kappa shape index (κ1) is 12.8. The van der Waals surface area contributed by atoms with Crippen molar-refractivity contribution in [3.8, 4) is 5.75 Å². The molecular weight excluding hydrogens is 250 g/mol. The van der Waals surface area contributed by atoms with Crippen molar-refractivity contribution in [1.29, 1.82) is 0 Å². The molecule has 1 aromatic heterocycles. The number of hydrogen-bond acceptors (Lipinski definition) is 4. The number of carboxylic acids is 1. The molecule has 0 saturated heterocycles. The van der Waals surface area contributed by atoms with E-state index in [1.54, 1.807) is 18.4 Å². The van der Waals surface area contributed by atoms with Crippen LogP contribution in [0, 0.1) is 6.92 Å². The van der Waals surface area contributed by atoms with Crippen molar-refractivity contribution in [1.82, 2.24) is 0 Å². The topological polar surface area (TPSA) is 53.2 Å². The molecule has 0 fully saturated rings. The SMILES string of the molecule is COc1ccc2c(c1)sc(C)[n+]2CCCC(=O)[O-]. The number of ether oxygens (including phenoxy) is 1. The Morgan fingerprint density at radius 2 is 2.28 bits per heavy atom. The predicted octanol–water partition coefficient (Wildman–Crippen LogP) is 1.04. The Labute approximate surface area is 109 Å². The molecule has 1 heterocycles. The van der Waals surface area contributed by atoms with Crippen LogP contribution in [0.1, 0.15) is 17.8 Å². The van der Waals surface area contributed by atoms with Gasteiger partial charge in [0.15, 0.2) is 6.54 Å². The minimum absolute atomic E-state index is 0.0972. The van der Waals surface area contributed by atoms with Crippen molar-refractivity contribution in [2.24, 2.45) is 0 Å². The van der Waals surface area contributed by atoms with Crippen molar-refractivity contribution in [2.75, 3.05) is 7.11 Å². The van der Waals surface area contributed by atoms with E-state index < -0.39 is 5.97 Å². The number of carboxylic acid groups (broad SMARTS) is 1. The summed E-state index contributed by atoms with van der Waals surface area (Å²) in [4.78, 5) is 10.4. The number of methoxy groups -OCH3 is 1. The van der Waals surface area contributed by atoms with E-state index in [1.807, 2.05) is 25.1 Å². The van der Waals surface area contributed by atoms with E-state index in [1.165, 1.54) is 0 Å². The number of hydrogen-bond donors (Lipinski definition) is 0. The molecule has 0 N–H and O–H groups in total. The van der Waals surface area contributed by atoms with Crippen molar-refractivity contribution in [3.05, 3.63) is 23.2 Å². The van der Waals surface area contributed by atoms with Crippen LogP contribution in [-0.2, 0) is 11.3 Å². The fourth-order valence-corrected chi connectivity index (χ4v) is 3.05. The highest BCUT2D eigenvalue weighted by Gasteiger charge is 2.16. The second-order valence-corrected chi connectivity index (χ2v) is 5.32. The number of rotatable bonds is 5. The van der Waals surface area contributed by atoms with E-state index in [-0.39, 0.29) is 6.42 Å². The fraction of sp³-hybridized carbons (Fsp3) is 0.385. The lowest BCUT2D eigenvalue weighted by atomic mass is 10.3. The van der Waals surface area contributed by atoms with Crippen molar-refractivity contribution < 1.29 is 19.2 Å². The van der Waals surface area contributed by atoms with Gasteiger partial charge in [-0.3, -0.25) is 0 Å². The van der Waals surface area contributed by atoms with E-state index in [4.69, 9.17) is 4.74 Å². The summed E-state index contributed by atoms with van der Waals surface area (Å²) in [5, 5.41) is 11.6. The summed E-state index contributed by atoms with van der Waals surface area (Å²) >= 11 is 1.69. The number of nitrogens with zero attached hydrogens (tertiary/aromatic N) is 1. The Hall–Kier alpha value is -1.62. The van der Waals surface area contributed by atoms with Gasteiger partial charge in [0.05, 0.1) is 7.11 Å². The van der Waals surface area contributed by atoms with Crippen molar-refractivity contribution >= 4 is 27.5 Å². The Kier molecular flexibility index (Phi) is 3.81. The standard InChI is InChI=1S/C13H15NO3S/c1-9-14(7-3-4-13(15)16)11-6-5-10(17-2)8-12(11)18-9/h5-6,8H,3-4,7H2,1-2H3. The predicted molar refractivity (Wildman–Crippen MR) is 67.6 cm³/mol. The number of thiazole rings is 1. The van der Waals surface area contributed by atoms with Crippen LogP contribution < -0.4 is 14.4 Å². The molecule has 0 radical (unpaired) electrons.